The summed E-state index contributed by atoms with van der Waals surface area (Å²) < 4.78 is 10.8. The van der Waals surface area contributed by atoms with Gasteiger partial charge in [0.05, 0.1) is 26.3 Å². The number of benzene rings is 1. The fraction of sp³-hybridized carbons (Fsp3) is 0.429. The van der Waals surface area contributed by atoms with Gasteiger partial charge in [-0.3, -0.25) is 4.79 Å². The molecule has 2 heterocycles. The van der Waals surface area contributed by atoms with E-state index in [-0.39, 0.29) is 5.91 Å². The second kappa shape index (κ2) is 7.82. The SMILES string of the molecule is COc1cc2c(cc1OC)C[NH+](CC(=O)Nc1sc3c(c1C#N)CCC3)CC2. The zero-order valence-corrected chi connectivity index (χ0v) is 17.0. The molecule has 28 heavy (non-hydrogen) atoms. The summed E-state index contributed by atoms with van der Waals surface area (Å²) in [4.78, 5) is 15.1. The summed E-state index contributed by atoms with van der Waals surface area (Å²) in [5.74, 6) is 1.44. The summed E-state index contributed by atoms with van der Waals surface area (Å²) in [6, 6.07) is 6.34. The van der Waals surface area contributed by atoms with Gasteiger partial charge in [0, 0.05) is 16.9 Å². The number of anilines is 1. The van der Waals surface area contributed by atoms with Crippen LogP contribution < -0.4 is 19.7 Å². The van der Waals surface area contributed by atoms with Crippen LogP contribution in [-0.2, 0) is 30.6 Å². The first-order valence-electron chi connectivity index (χ1n) is 9.54. The molecular weight excluding hydrogens is 374 g/mol. The highest BCUT2D eigenvalue weighted by atomic mass is 32.1. The molecular formula is C21H24N3O3S+. The molecule has 1 aliphatic carbocycles. The number of hydrogen-bond acceptors (Lipinski definition) is 5. The fourth-order valence-electron chi connectivity index (χ4n) is 4.19. The molecule has 2 N–H and O–H groups in total. The van der Waals surface area contributed by atoms with Crippen LogP contribution in [0.5, 0.6) is 11.5 Å². The molecule has 0 saturated carbocycles. The minimum absolute atomic E-state index is 0.0321. The average molecular weight is 399 g/mol. The third kappa shape index (κ3) is 3.46. The number of methoxy groups -OCH3 is 2. The zero-order valence-electron chi connectivity index (χ0n) is 16.2. The maximum Gasteiger partial charge on any atom is 0.280 e. The molecule has 1 aromatic carbocycles. The van der Waals surface area contributed by atoms with Crippen LogP contribution in [-0.4, -0.2) is 33.2 Å². The van der Waals surface area contributed by atoms with Gasteiger partial charge in [-0.05, 0) is 42.5 Å². The number of rotatable bonds is 5. The van der Waals surface area contributed by atoms with E-state index in [4.69, 9.17) is 9.47 Å². The third-order valence-corrected chi connectivity index (χ3v) is 6.80. The molecule has 0 saturated heterocycles. The molecule has 1 aliphatic heterocycles. The largest absolute Gasteiger partial charge is 0.493 e. The van der Waals surface area contributed by atoms with Gasteiger partial charge in [0.2, 0.25) is 0 Å². The van der Waals surface area contributed by atoms with E-state index in [1.54, 1.807) is 25.6 Å². The van der Waals surface area contributed by atoms with Crippen molar-refractivity contribution in [2.45, 2.75) is 32.2 Å². The Labute approximate surface area is 168 Å². The number of fused-ring (bicyclic) bond motifs is 2. The number of carbonyl (C=O) groups is 1. The topological polar surface area (TPSA) is 75.8 Å². The van der Waals surface area contributed by atoms with Gasteiger partial charge in [0.1, 0.15) is 17.6 Å². The van der Waals surface area contributed by atoms with Crippen LogP contribution >= 0.6 is 11.3 Å². The highest BCUT2D eigenvalue weighted by Crippen LogP contribution is 2.38. The number of carbonyl (C=O) groups excluding carboxylic acids is 1. The number of aryl methyl sites for hydroxylation is 1. The number of nitrogens with zero attached hydrogens (tertiary/aromatic N) is 1. The predicted octanol–water partition coefficient (Wildman–Crippen LogP) is 1.71. The summed E-state index contributed by atoms with van der Waals surface area (Å²) in [6.07, 6.45) is 3.97. The molecule has 0 spiro atoms. The zero-order chi connectivity index (χ0) is 19.7. The van der Waals surface area contributed by atoms with E-state index < -0.39 is 0 Å². The van der Waals surface area contributed by atoms with E-state index in [1.165, 1.54) is 20.9 Å². The molecule has 7 heteroatoms. The Morgan fingerprint density at radius 1 is 1.21 bits per heavy atom. The lowest BCUT2D eigenvalue weighted by Gasteiger charge is -2.26. The van der Waals surface area contributed by atoms with Gasteiger partial charge >= 0.3 is 0 Å². The standard InChI is InChI=1S/C21H23N3O3S/c1-26-17-8-13-6-7-24(11-14(13)9-18(17)27-2)12-20(25)23-21-16(10-22)15-4-3-5-19(15)28-21/h8-9H,3-7,11-12H2,1-2H3,(H,23,25)/p+1. The maximum atomic E-state index is 12.6. The van der Waals surface area contributed by atoms with Crippen molar-refractivity contribution in [1.29, 1.82) is 5.26 Å². The van der Waals surface area contributed by atoms with Gasteiger partial charge in [-0.15, -0.1) is 11.3 Å². The molecule has 1 aromatic heterocycles. The molecule has 0 bridgehead atoms. The number of nitriles is 1. The first-order chi connectivity index (χ1) is 13.6. The molecule has 6 nitrogen and oxygen atoms in total. The van der Waals surface area contributed by atoms with Crippen molar-refractivity contribution < 1.29 is 19.2 Å². The Morgan fingerprint density at radius 3 is 2.68 bits per heavy atom. The number of hydrogen-bond donors (Lipinski definition) is 2. The van der Waals surface area contributed by atoms with Crippen molar-refractivity contribution in [3.8, 4) is 17.6 Å². The molecule has 146 valence electrons. The Hall–Kier alpha value is -2.56. The van der Waals surface area contributed by atoms with Crippen LogP contribution in [0.4, 0.5) is 5.00 Å². The van der Waals surface area contributed by atoms with E-state index in [2.05, 4.69) is 11.4 Å². The highest BCUT2D eigenvalue weighted by Gasteiger charge is 2.26. The van der Waals surface area contributed by atoms with Gasteiger partial charge in [-0.1, -0.05) is 0 Å². The van der Waals surface area contributed by atoms with Crippen LogP contribution in [0.3, 0.4) is 0 Å². The Balaban J connectivity index is 1.43. The van der Waals surface area contributed by atoms with E-state index >= 15 is 0 Å². The van der Waals surface area contributed by atoms with Gasteiger partial charge in [0.15, 0.2) is 18.0 Å². The van der Waals surface area contributed by atoms with Crippen LogP contribution in [0.25, 0.3) is 0 Å². The number of thiophene rings is 1. The van der Waals surface area contributed by atoms with Gasteiger partial charge in [-0.2, -0.15) is 5.26 Å². The first-order valence-corrected chi connectivity index (χ1v) is 10.4. The van der Waals surface area contributed by atoms with Crippen molar-refractivity contribution in [3.05, 3.63) is 39.3 Å². The minimum Gasteiger partial charge on any atom is -0.493 e. The first kappa shape index (κ1) is 18.8. The smallest absolute Gasteiger partial charge is 0.280 e. The molecule has 2 aliphatic rings. The van der Waals surface area contributed by atoms with Crippen molar-refractivity contribution in [2.24, 2.45) is 0 Å². The Kier molecular flexibility index (Phi) is 5.25. The van der Waals surface area contributed by atoms with Crippen LogP contribution in [0.1, 0.15) is 33.6 Å². The van der Waals surface area contributed by atoms with E-state index in [0.29, 0.717) is 12.1 Å². The van der Waals surface area contributed by atoms with Crippen LogP contribution in [0.2, 0.25) is 0 Å². The molecule has 2 aromatic rings. The molecule has 1 unspecified atom stereocenters. The number of amides is 1. The maximum absolute atomic E-state index is 12.6. The van der Waals surface area contributed by atoms with Crippen molar-refractivity contribution in [3.63, 3.8) is 0 Å². The number of ether oxygens (including phenoxy) is 2. The second-order valence-corrected chi connectivity index (χ2v) is 8.41. The Bertz CT molecular complexity index is 961. The van der Waals surface area contributed by atoms with Crippen LogP contribution in [0, 0.1) is 11.3 Å². The lowest BCUT2D eigenvalue weighted by molar-refractivity contribution is -0.907. The average Bonchev–Trinajstić information content (AvgIpc) is 3.27. The minimum atomic E-state index is -0.0321. The predicted molar refractivity (Wildman–Crippen MR) is 107 cm³/mol. The summed E-state index contributed by atoms with van der Waals surface area (Å²) in [7, 11) is 3.28. The van der Waals surface area contributed by atoms with Crippen molar-refractivity contribution in [1.82, 2.24) is 0 Å². The lowest BCUT2D eigenvalue weighted by Crippen LogP contribution is -3.12. The summed E-state index contributed by atoms with van der Waals surface area (Å²) in [6.45, 7) is 2.05. The van der Waals surface area contributed by atoms with Gasteiger partial charge in [-0.25, -0.2) is 0 Å². The van der Waals surface area contributed by atoms with Crippen molar-refractivity contribution in [2.75, 3.05) is 32.6 Å². The summed E-state index contributed by atoms with van der Waals surface area (Å²) in [5, 5.41) is 13.2. The monoisotopic (exact) mass is 398 g/mol. The third-order valence-electron chi connectivity index (χ3n) is 5.59. The number of quaternary nitrogens is 1. The molecule has 0 radical (unpaired) electrons. The molecule has 4 rings (SSSR count). The summed E-state index contributed by atoms with van der Waals surface area (Å²) >= 11 is 1.57. The van der Waals surface area contributed by atoms with Crippen molar-refractivity contribution >= 4 is 22.2 Å². The van der Waals surface area contributed by atoms with E-state index in [0.717, 1.165) is 60.8 Å². The van der Waals surface area contributed by atoms with Crippen LogP contribution in [0.15, 0.2) is 12.1 Å². The van der Waals surface area contributed by atoms with Gasteiger partial charge in [0.25, 0.3) is 5.91 Å². The molecule has 1 atom stereocenters. The fourth-order valence-corrected chi connectivity index (χ4v) is 5.44. The van der Waals surface area contributed by atoms with E-state index in [9.17, 15) is 10.1 Å². The molecule has 0 fully saturated rings. The Morgan fingerprint density at radius 2 is 1.96 bits per heavy atom. The highest BCUT2D eigenvalue weighted by molar-refractivity contribution is 7.16. The summed E-state index contributed by atoms with van der Waals surface area (Å²) in [5.41, 5.74) is 4.26. The van der Waals surface area contributed by atoms with E-state index in [1.807, 2.05) is 12.1 Å². The lowest BCUT2D eigenvalue weighted by atomic mass is 9.99. The second-order valence-electron chi connectivity index (χ2n) is 7.30. The molecule has 1 amide bonds. The normalized spacial score (nSPS) is 17.4. The quantitative estimate of drug-likeness (QED) is 0.804. The number of nitrogens with one attached hydrogen (secondary N) is 2. The van der Waals surface area contributed by atoms with Gasteiger partial charge < -0.3 is 19.7 Å².